The van der Waals surface area contributed by atoms with Gasteiger partial charge in [-0.3, -0.25) is 4.79 Å². The molecule has 3 rings (SSSR count). The summed E-state index contributed by atoms with van der Waals surface area (Å²) in [5.74, 6) is 1.36. The molecule has 0 atom stereocenters. The van der Waals surface area contributed by atoms with E-state index in [1.807, 2.05) is 66.7 Å². The van der Waals surface area contributed by atoms with Crippen molar-refractivity contribution in [2.24, 2.45) is 0 Å². The van der Waals surface area contributed by atoms with Crippen molar-refractivity contribution in [2.45, 2.75) is 32.8 Å². The van der Waals surface area contributed by atoms with Gasteiger partial charge in [-0.1, -0.05) is 63.2 Å². The number of rotatable bonds is 8. The van der Waals surface area contributed by atoms with Gasteiger partial charge in [-0.05, 0) is 52.4 Å². The largest absolute Gasteiger partial charge is 0.493 e. The minimum Gasteiger partial charge on any atom is -0.493 e. The summed E-state index contributed by atoms with van der Waals surface area (Å²) in [5, 5.41) is 2.88. The number of amides is 1. The third-order valence-electron chi connectivity index (χ3n) is 5.15. The van der Waals surface area contributed by atoms with Gasteiger partial charge in [0, 0.05) is 11.8 Å². The molecule has 0 aliphatic heterocycles. The van der Waals surface area contributed by atoms with Crippen molar-refractivity contribution in [1.82, 2.24) is 0 Å². The van der Waals surface area contributed by atoms with Gasteiger partial charge in [-0.2, -0.15) is 0 Å². The lowest BCUT2D eigenvalue weighted by molar-refractivity contribution is -0.111. The number of carbonyl (C=O) groups excluding carboxylic acids is 1. The Bertz CT molecular complexity index is 1070. The van der Waals surface area contributed by atoms with Gasteiger partial charge in [0.15, 0.2) is 11.5 Å². The molecule has 33 heavy (non-hydrogen) atoms. The summed E-state index contributed by atoms with van der Waals surface area (Å²) in [5.41, 5.74) is 3.83. The lowest BCUT2D eigenvalue weighted by Crippen LogP contribution is -2.12. The highest BCUT2D eigenvalue weighted by Gasteiger charge is 2.15. The fourth-order valence-electron chi connectivity index (χ4n) is 3.28. The third kappa shape index (κ3) is 6.62. The Hall–Kier alpha value is -3.73. The summed E-state index contributed by atoms with van der Waals surface area (Å²) in [6, 6.07) is 21.4. The number of carbonyl (C=O) groups is 1. The van der Waals surface area contributed by atoms with Crippen molar-refractivity contribution < 1.29 is 19.0 Å². The van der Waals surface area contributed by atoms with Gasteiger partial charge in [0.2, 0.25) is 11.7 Å². The van der Waals surface area contributed by atoms with Crippen LogP contribution in [0.2, 0.25) is 0 Å². The molecule has 0 aliphatic rings. The van der Waals surface area contributed by atoms with Crippen LogP contribution in [0.1, 0.15) is 37.5 Å². The second-order valence-corrected chi connectivity index (χ2v) is 8.68. The zero-order valence-electron chi connectivity index (χ0n) is 19.8. The first-order valence-corrected chi connectivity index (χ1v) is 10.8. The number of methoxy groups -OCH3 is 2. The van der Waals surface area contributed by atoms with E-state index >= 15 is 0 Å². The Morgan fingerprint density at radius 3 is 2.06 bits per heavy atom. The Balaban J connectivity index is 1.71. The predicted octanol–water partition coefficient (Wildman–Crippen LogP) is 6.23. The first kappa shape index (κ1) is 23.9. The number of hydrogen-bond acceptors (Lipinski definition) is 4. The summed E-state index contributed by atoms with van der Waals surface area (Å²) >= 11 is 0. The van der Waals surface area contributed by atoms with Crippen molar-refractivity contribution >= 4 is 17.7 Å². The molecule has 3 aromatic rings. The van der Waals surface area contributed by atoms with Gasteiger partial charge < -0.3 is 19.5 Å². The van der Waals surface area contributed by atoms with Crippen LogP contribution in [0.15, 0.2) is 72.8 Å². The van der Waals surface area contributed by atoms with Crippen molar-refractivity contribution in [1.29, 1.82) is 0 Å². The Morgan fingerprint density at radius 1 is 0.909 bits per heavy atom. The van der Waals surface area contributed by atoms with E-state index in [4.69, 9.17) is 14.2 Å². The van der Waals surface area contributed by atoms with E-state index in [1.54, 1.807) is 20.3 Å². The molecule has 0 unspecified atom stereocenters. The second kappa shape index (κ2) is 10.7. The molecular weight excluding hydrogens is 414 g/mol. The predicted molar refractivity (Wildman–Crippen MR) is 133 cm³/mol. The summed E-state index contributed by atoms with van der Waals surface area (Å²) in [7, 11) is 3.15. The van der Waals surface area contributed by atoms with Crippen LogP contribution in [-0.2, 0) is 16.8 Å². The zero-order chi connectivity index (χ0) is 23.8. The molecule has 0 saturated heterocycles. The van der Waals surface area contributed by atoms with E-state index in [1.165, 1.54) is 11.6 Å². The van der Waals surface area contributed by atoms with Gasteiger partial charge in [0.25, 0.3) is 0 Å². The van der Waals surface area contributed by atoms with Gasteiger partial charge >= 0.3 is 0 Å². The summed E-state index contributed by atoms with van der Waals surface area (Å²) < 4.78 is 17.0. The highest BCUT2D eigenvalue weighted by molar-refractivity contribution is 6.02. The molecule has 0 bridgehead atoms. The molecular formula is C28H31NO4. The number of anilines is 1. The van der Waals surface area contributed by atoms with Crippen LogP contribution in [0.25, 0.3) is 6.08 Å². The second-order valence-electron chi connectivity index (χ2n) is 8.68. The van der Waals surface area contributed by atoms with Gasteiger partial charge in [-0.25, -0.2) is 0 Å². The molecule has 0 aromatic heterocycles. The quantitative estimate of drug-likeness (QED) is 0.418. The normalized spacial score (nSPS) is 11.3. The first-order chi connectivity index (χ1) is 15.8. The van der Waals surface area contributed by atoms with Crippen molar-refractivity contribution in [3.05, 3.63) is 89.5 Å². The van der Waals surface area contributed by atoms with Gasteiger partial charge in [0.05, 0.1) is 14.2 Å². The standard InChI is InChI=1S/C28H31NO4/c1-28(2,3)22-12-14-23(15-13-22)29-26(30)16-11-21-17-24(31-4)27(25(18-21)32-5)33-19-20-9-7-6-8-10-20/h6-18H,19H2,1-5H3,(H,29,30). The average molecular weight is 446 g/mol. The molecule has 0 aliphatic carbocycles. The molecule has 0 heterocycles. The Morgan fingerprint density at radius 2 is 1.52 bits per heavy atom. The molecule has 1 N–H and O–H groups in total. The first-order valence-electron chi connectivity index (χ1n) is 10.8. The maximum absolute atomic E-state index is 12.4. The van der Waals surface area contributed by atoms with E-state index in [0.717, 1.165) is 16.8 Å². The lowest BCUT2D eigenvalue weighted by Gasteiger charge is -2.19. The van der Waals surface area contributed by atoms with Crippen LogP contribution >= 0.6 is 0 Å². The summed E-state index contributed by atoms with van der Waals surface area (Å²) in [6.07, 6.45) is 3.20. The van der Waals surface area contributed by atoms with Crippen molar-refractivity contribution in [2.75, 3.05) is 19.5 Å². The molecule has 172 valence electrons. The highest BCUT2D eigenvalue weighted by atomic mass is 16.5. The summed E-state index contributed by atoms with van der Waals surface area (Å²) in [6.45, 7) is 6.86. The highest BCUT2D eigenvalue weighted by Crippen LogP contribution is 2.39. The molecule has 0 fully saturated rings. The Labute approximate surface area is 196 Å². The van der Waals surface area contributed by atoms with Crippen LogP contribution in [0, 0.1) is 0 Å². The van der Waals surface area contributed by atoms with E-state index < -0.39 is 0 Å². The average Bonchev–Trinajstić information content (AvgIpc) is 2.81. The van der Waals surface area contributed by atoms with Crippen molar-refractivity contribution in [3.8, 4) is 17.2 Å². The third-order valence-corrected chi connectivity index (χ3v) is 5.15. The molecule has 0 saturated carbocycles. The number of nitrogens with one attached hydrogen (secondary N) is 1. The van der Waals surface area contributed by atoms with E-state index in [9.17, 15) is 4.79 Å². The molecule has 3 aromatic carbocycles. The SMILES string of the molecule is COc1cc(C=CC(=O)Nc2ccc(C(C)(C)C)cc2)cc(OC)c1OCc1ccccc1. The lowest BCUT2D eigenvalue weighted by atomic mass is 9.87. The minimum atomic E-state index is -0.221. The molecule has 5 heteroatoms. The van der Waals surface area contributed by atoms with E-state index in [-0.39, 0.29) is 11.3 Å². The monoisotopic (exact) mass is 445 g/mol. The molecule has 0 spiro atoms. The van der Waals surface area contributed by atoms with Crippen LogP contribution in [0.4, 0.5) is 5.69 Å². The van der Waals surface area contributed by atoms with Crippen LogP contribution in [0.5, 0.6) is 17.2 Å². The summed E-state index contributed by atoms with van der Waals surface area (Å²) in [4.78, 5) is 12.4. The Kier molecular flexibility index (Phi) is 7.78. The van der Waals surface area contributed by atoms with Crippen LogP contribution < -0.4 is 19.5 Å². The smallest absolute Gasteiger partial charge is 0.248 e. The molecule has 0 radical (unpaired) electrons. The van der Waals surface area contributed by atoms with Crippen LogP contribution in [-0.4, -0.2) is 20.1 Å². The van der Waals surface area contributed by atoms with E-state index in [2.05, 4.69) is 26.1 Å². The van der Waals surface area contributed by atoms with Gasteiger partial charge in [-0.15, -0.1) is 0 Å². The fraction of sp³-hybridized carbons (Fsp3) is 0.250. The molecule has 5 nitrogen and oxygen atoms in total. The maximum atomic E-state index is 12.4. The maximum Gasteiger partial charge on any atom is 0.248 e. The zero-order valence-corrected chi connectivity index (χ0v) is 19.8. The van der Waals surface area contributed by atoms with Crippen molar-refractivity contribution in [3.63, 3.8) is 0 Å². The fourth-order valence-corrected chi connectivity index (χ4v) is 3.28. The number of ether oxygens (including phenoxy) is 3. The number of hydrogen-bond donors (Lipinski definition) is 1. The topological polar surface area (TPSA) is 56.8 Å². The minimum absolute atomic E-state index is 0.0670. The number of benzene rings is 3. The van der Waals surface area contributed by atoms with Gasteiger partial charge in [0.1, 0.15) is 6.61 Å². The molecule has 1 amide bonds. The van der Waals surface area contributed by atoms with E-state index in [0.29, 0.717) is 23.9 Å². The van der Waals surface area contributed by atoms with Crippen LogP contribution in [0.3, 0.4) is 0 Å².